The quantitative estimate of drug-likeness (QED) is 0.849. The summed E-state index contributed by atoms with van der Waals surface area (Å²) < 4.78 is 2.53. The van der Waals surface area contributed by atoms with E-state index in [2.05, 4.69) is 48.9 Å². The molecule has 0 saturated carbocycles. The number of fused-ring (bicyclic) bond motifs is 3. The van der Waals surface area contributed by atoms with Crippen molar-refractivity contribution in [2.24, 2.45) is 0 Å². The van der Waals surface area contributed by atoms with E-state index in [9.17, 15) is 0 Å². The lowest BCUT2D eigenvalue weighted by atomic mass is 10.0. The number of nitrogens with zero attached hydrogens (tertiary/aromatic N) is 1. The molecule has 2 nitrogen and oxygen atoms in total. The Labute approximate surface area is 109 Å². The highest BCUT2D eigenvalue weighted by atomic mass is 15.1. The fourth-order valence-corrected chi connectivity index (χ4v) is 3.32. The number of rotatable bonds is 2. The smallest absolute Gasteiger partial charge is 0.0486 e. The molecular weight excluding hydrogens is 220 g/mol. The number of aryl methyl sites for hydroxylation is 2. The number of aromatic nitrogens is 1. The summed E-state index contributed by atoms with van der Waals surface area (Å²) in [5.74, 6) is 0. The highest BCUT2D eigenvalue weighted by Crippen LogP contribution is 2.34. The molecule has 0 fully saturated rings. The molecule has 0 amide bonds. The van der Waals surface area contributed by atoms with Gasteiger partial charge in [-0.1, -0.05) is 25.0 Å². The number of hydrogen-bond acceptors (Lipinski definition) is 1. The highest BCUT2D eigenvalue weighted by Gasteiger charge is 2.24. The van der Waals surface area contributed by atoms with Crippen LogP contribution in [0.1, 0.15) is 42.6 Å². The molecule has 0 saturated heterocycles. The second kappa shape index (κ2) is 4.43. The van der Waals surface area contributed by atoms with Gasteiger partial charge in [-0.25, -0.2) is 0 Å². The Morgan fingerprint density at radius 3 is 2.94 bits per heavy atom. The predicted molar refractivity (Wildman–Crippen MR) is 77.1 cm³/mol. The molecule has 18 heavy (non-hydrogen) atoms. The van der Waals surface area contributed by atoms with Crippen molar-refractivity contribution in [1.82, 2.24) is 9.88 Å². The summed E-state index contributed by atoms with van der Waals surface area (Å²) in [6.45, 7) is 8.92. The summed E-state index contributed by atoms with van der Waals surface area (Å²) in [7, 11) is 0. The van der Waals surface area contributed by atoms with Crippen molar-refractivity contribution in [1.29, 1.82) is 0 Å². The Bertz CT molecular complexity index is 580. The summed E-state index contributed by atoms with van der Waals surface area (Å²) in [5, 5.41) is 5.11. The zero-order valence-electron chi connectivity index (χ0n) is 11.6. The molecular formula is C16H22N2. The molecule has 0 bridgehead atoms. The average molecular weight is 242 g/mol. The van der Waals surface area contributed by atoms with Gasteiger partial charge in [-0.3, -0.25) is 0 Å². The van der Waals surface area contributed by atoms with E-state index in [1.54, 1.807) is 0 Å². The van der Waals surface area contributed by atoms with Crippen LogP contribution >= 0.6 is 0 Å². The van der Waals surface area contributed by atoms with Crippen LogP contribution in [0.4, 0.5) is 0 Å². The SMILES string of the molecule is CCCC1NCCn2c1c(C)c1cc(C)ccc12. The van der Waals surface area contributed by atoms with E-state index in [1.165, 1.54) is 40.6 Å². The minimum absolute atomic E-state index is 0.538. The molecule has 0 radical (unpaired) electrons. The lowest BCUT2D eigenvalue weighted by Gasteiger charge is -2.27. The molecule has 1 aliphatic heterocycles. The molecule has 1 unspecified atom stereocenters. The third kappa shape index (κ3) is 1.67. The molecule has 0 aliphatic carbocycles. The number of benzene rings is 1. The minimum Gasteiger partial charge on any atom is -0.342 e. The molecule has 1 aromatic heterocycles. The first-order valence-corrected chi connectivity index (χ1v) is 7.05. The van der Waals surface area contributed by atoms with Crippen LogP contribution in [0.3, 0.4) is 0 Å². The fraction of sp³-hybridized carbons (Fsp3) is 0.500. The molecule has 96 valence electrons. The third-order valence-electron chi connectivity index (χ3n) is 4.16. The number of hydrogen-bond donors (Lipinski definition) is 1. The molecule has 2 aromatic rings. The standard InChI is InChI=1S/C16H22N2/c1-4-5-14-16-12(3)13-10-11(2)6-7-15(13)18(16)9-8-17-14/h6-7,10,14,17H,4-5,8-9H2,1-3H3. The van der Waals surface area contributed by atoms with Gasteiger partial charge in [0.25, 0.3) is 0 Å². The molecule has 0 spiro atoms. The number of nitrogens with one attached hydrogen (secondary N) is 1. The van der Waals surface area contributed by atoms with Crippen molar-refractivity contribution in [3.63, 3.8) is 0 Å². The van der Waals surface area contributed by atoms with Crippen LogP contribution < -0.4 is 5.32 Å². The van der Waals surface area contributed by atoms with Crippen molar-refractivity contribution in [3.05, 3.63) is 35.0 Å². The summed E-state index contributed by atoms with van der Waals surface area (Å²) in [6, 6.07) is 7.39. The monoisotopic (exact) mass is 242 g/mol. The van der Waals surface area contributed by atoms with Gasteiger partial charge in [0.2, 0.25) is 0 Å². The summed E-state index contributed by atoms with van der Waals surface area (Å²) in [4.78, 5) is 0. The van der Waals surface area contributed by atoms with Gasteiger partial charge in [-0.2, -0.15) is 0 Å². The molecule has 3 rings (SSSR count). The summed E-state index contributed by atoms with van der Waals surface area (Å²) in [5.41, 5.74) is 5.76. The minimum atomic E-state index is 0.538. The molecule has 1 aromatic carbocycles. The van der Waals surface area contributed by atoms with E-state index in [-0.39, 0.29) is 0 Å². The van der Waals surface area contributed by atoms with Gasteiger partial charge in [-0.05, 0) is 38.0 Å². The van der Waals surface area contributed by atoms with Crippen molar-refractivity contribution in [3.8, 4) is 0 Å². The Morgan fingerprint density at radius 1 is 1.33 bits per heavy atom. The second-order valence-electron chi connectivity index (χ2n) is 5.48. The van der Waals surface area contributed by atoms with E-state index < -0.39 is 0 Å². The zero-order valence-corrected chi connectivity index (χ0v) is 11.6. The van der Waals surface area contributed by atoms with Crippen molar-refractivity contribution in [2.75, 3.05) is 6.54 Å². The summed E-state index contributed by atoms with van der Waals surface area (Å²) >= 11 is 0. The maximum atomic E-state index is 3.67. The van der Waals surface area contributed by atoms with Gasteiger partial charge in [0.1, 0.15) is 0 Å². The van der Waals surface area contributed by atoms with Crippen LogP contribution in [0.25, 0.3) is 10.9 Å². The van der Waals surface area contributed by atoms with E-state index >= 15 is 0 Å². The van der Waals surface area contributed by atoms with Crippen LogP contribution in [-0.2, 0) is 6.54 Å². The molecule has 1 aliphatic rings. The summed E-state index contributed by atoms with van der Waals surface area (Å²) in [6.07, 6.45) is 2.47. The molecule has 2 heteroatoms. The average Bonchev–Trinajstić information content (AvgIpc) is 2.64. The lowest BCUT2D eigenvalue weighted by molar-refractivity contribution is 0.407. The Hall–Kier alpha value is -1.28. The Balaban J connectivity index is 2.23. The van der Waals surface area contributed by atoms with Crippen LogP contribution in [0.15, 0.2) is 18.2 Å². The van der Waals surface area contributed by atoms with E-state index in [0.29, 0.717) is 6.04 Å². The van der Waals surface area contributed by atoms with Crippen LogP contribution in [-0.4, -0.2) is 11.1 Å². The molecule has 1 atom stereocenters. The van der Waals surface area contributed by atoms with Gasteiger partial charge in [0.15, 0.2) is 0 Å². The van der Waals surface area contributed by atoms with E-state index in [0.717, 1.165) is 13.1 Å². The molecule has 2 heterocycles. The third-order valence-corrected chi connectivity index (χ3v) is 4.16. The Kier molecular flexibility index (Phi) is 2.90. The topological polar surface area (TPSA) is 17.0 Å². The first-order valence-electron chi connectivity index (χ1n) is 7.05. The van der Waals surface area contributed by atoms with E-state index in [4.69, 9.17) is 0 Å². The first-order chi connectivity index (χ1) is 8.72. The van der Waals surface area contributed by atoms with Crippen molar-refractivity contribution >= 4 is 10.9 Å². The second-order valence-corrected chi connectivity index (χ2v) is 5.48. The molecule has 1 N–H and O–H groups in total. The van der Waals surface area contributed by atoms with Crippen LogP contribution in [0.5, 0.6) is 0 Å². The van der Waals surface area contributed by atoms with Gasteiger partial charge < -0.3 is 9.88 Å². The fourth-order valence-electron chi connectivity index (χ4n) is 3.32. The van der Waals surface area contributed by atoms with Gasteiger partial charge >= 0.3 is 0 Å². The van der Waals surface area contributed by atoms with Gasteiger partial charge in [0, 0.05) is 35.7 Å². The van der Waals surface area contributed by atoms with E-state index in [1.807, 2.05) is 0 Å². The highest BCUT2D eigenvalue weighted by molar-refractivity contribution is 5.86. The van der Waals surface area contributed by atoms with Crippen molar-refractivity contribution in [2.45, 2.75) is 46.2 Å². The normalized spacial score (nSPS) is 19.2. The van der Waals surface area contributed by atoms with Gasteiger partial charge in [-0.15, -0.1) is 0 Å². The lowest BCUT2D eigenvalue weighted by Crippen LogP contribution is -2.33. The maximum Gasteiger partial charge on any atom is 0.0486 e. The van der Waals surface area contributed by atoms with Gasteiger partial charge in [0.05, 0.1) is 0 Å². The van der Waals surface area contributed by atoms with Crippen LogP contribution in [0, 0.1) is 13.8 Å². The van der Waals surface area contributed by atoms with Crippen LogP contribution in [0.2, 0.25) is 0 Å². The first kappa shape index (κ1) is 11.8. The maximum absolute atomic E-state index is 3.67. The van der Waals surface area contributed by atoms with Crippen molar-refractivity contribution < 1.29 is 0 Å². The largest absolute Gasteiger partial charge is 0.342 e. The zero-order chi connectivity index (χ0) is 12.7. The Morgan fingerprint density at radius 2 is 2.17 bits per heavy atom. The predicted octanol–water partition coefficient (Wildman–Crippen LogP) is 3.70.